The van der Waals surface area contributed by atoms with E-state index in [0.717, 1.165) is 15.6 Å². The summed E-state index contributed by atoms with van der Waals surface area (Å²) in [5.74, 6) is 0. The minimum atomic E-state index is -0.141. The van der Waals surface area contributed by atoms with Crippen molar-refractivity contribution in [3.63, 3.8) is 0 Å². The number of aromatic nitrogens is 2. The highest BCUT2D eigenvalue weighted by Crippen LogP contribution is 2.34. The van der Waals surface area contributed by atoms with Crippen molar-refractivity contribution in [1.29, 1.82) is 0 Å². The Morgan fingerprint density at radius 1 is 1.25 bits per heavy atom. The molecule has 1 unspecified atom stereocenters. The molecule has 84 valence electrons. The van der Waals surface area contributed by atoms with Gasteiger partial charge in [-0.2, -0.15) is 0 Å². The topological polar surface area (TPSA) is 25.8 Å². The smallest absolute Gasteiger partial charge is 0.142 e. The van der Waals surface area contributed by atoms with Gasteiger partial charge in [-0.3, -0.25) is 0 Å². The molecule has 0 aliphatic carbocycles. The van der Waals surface area contributed by atoms with Crippen LogP contribution in [0.3, 0.4) is 0 Å². The molecule has 1 aromatic heterocycles. The van der Waals surface area contributed by atoms with Gasteiger partial charge in [-0.15, -0.1) is 21.8 Å². The summed E-state index contributed by atoms with van der Waals surface area (Å²) in [5, 5.41) is 10.6. The van der Waals surface area contributed by atoms with Crippen molar-refractivity contribution in [2.24, 2.45) is 0 Å². The van der Waals surface area contributed by atoms with E-state index < -0.39 is 0 Å². The fourth-order valence-electron chi connectivity index (χ4n) is 1.17. The van der Waals surface area contributed by atoms with Crippen LogP contribution in [0.1, 0.15) is 17.3 Å². The lowest BCUT2D eigenvalue weighted by molar-refractivity contribution is 0.962. The molecule has 1 atom stereocenters. The molecule has 0 aliphatic rings. The van der Waals surface area contributed by atoms with E-state index in [-0.39, 0.29) is 5.38 Å². The van der Waals surface area contributed by atoms with Crippen LogP contribution in [0.25, 0.3) is 10.6 Å². The second-order valence-corrected chi connectivity index (χ2v) is 5.69. The molecule has 2 aromatic rings. The highest BCUT2D eigenvalue weighted by Gasteiger charge is 2.13. The van der Waals surface area contributed by atoms with E-state index in [1.807, 2.05) is 13.0 Å². The van der Waals surface area contributed by atoms with Gasteiger partial charge in [-0.25, -0.2) is 0 Å². The van der Waals surface area contributed by atoms with Gasteiger partial charge in [-0.1, -0.05) is 34.5 Å². The Morgan fingerprint density at radius 2 is 2.00 bits per heavy atom. The maximum Gasteiger partial charge on any atom is 0.149 e. The Bertz CT molecular complexity index is 511. The van der Waals surface area contributed by atoms with Crippen LogP contribution in [-0.4, -0.2) is 10.2 Å². The van der Waals surface area contributed by atoms with Crippen LogP contribution in [0.15, 0.2) is 18.2 Å². The molecule has 1 aromatic carbocycles. The lowest BCUT2D eigenvalue weighted by atomic mass is 10.2. The van der Waals surface area contributed by atoms with E-state index >= 15 is 0 Å². The normalized spacial score (nSPS) is 12.8. The molecule has 0 bridgehead atoms. The van der Waals surface area contributed by atoms with Crippen LogP contribution >= 0.6 is 46.1 Å². The monoisotopic (exact) mass is 292 g/mol. The van der Waals surface area contributed by atoms with Gasteiger partial charge >= 0.3 is 0 Å². The van der Waals surface area contributed by atoms with Crippen LogP contribution in [0.5, 0.6) is 0 Å². The van der Waals surface area contributed by atoms with Crippen LogP contribution < -0.4 is 0 Å². The highest BCUT2D eigenvalue weighted by atomic mass is 35.5. The Morgan fingerprint density at radius 3 is 2.56 bits per heavy atom. The molecule has 16 heavy (non-hydrogen) atoms. The molecule has 0 fully saturated rings. The summed E-state index contributed by atoms with van der Waals surface area (Å²) in [4.78, 5) is 0. The van der Waals surface area contributed by atoms with Gasteiger partial charge < -0.3 is 0 Å². The van der Waals surface area contributed by atoms with Crippen molar-refractivity contribution < 1.29 is 0 Å². The van der Waals surface area contributed by atoms with Gasteiger partial charge in [0, 0.05) is 10.6 Å². The summed E-state index contributed by atoms with van der Waals surface area (Å²) < 4.78 is 0. The van der Waals surface area contributed by atoms with Crippen LogP contribution in [0.2, 0.25) is 10.0 Å². The molecule has 0 aliphatic heterocycles. The van der Waals surface area contributed by atoms with Crippen molar-refractivity contribution in [2.45, 2.75) is 12.3 Å². The molecule has 1 heterocycles. The summed E-state index contributed by atoms with van der Waals surface area (Å²) in [5.41, 5.74) is 0.826. The molecule has 2 rings (SSSR count). The first-order valence-electron chi connectivity index (χ1n) is 4.51. The maximum atomic E-state index is 6.07. The summed E-state index contributed by atoms with van der Waals surface area (Å²) >= 11 is 19.3. The van der Waals surface area contributed by atoms with Crippen LogP contribution in [0, 0.1) is 0 Å². The second kappa shape index (κ2) is 4.88. The second-order valence-electron chi connectivity index (χ2n) is 3.19. The van der Waals surface area contributed by atoms with Crippen molar-refractivity contribution in [2.75, 3.05) is 0 Å². The van der Waals surface area contributed by atoms with E-state index in [1.165, 1.54) is 11.3 Å². The molecule has 0 radical (unpaired) electrons. The molecule has 0 saturated heterocycles. The average molecular weight is 294 g/mol. The number of rotatable bonds is 2. The quantitative estimate of drug-likeness (QED) is 0.742. The van der Waals surface area contributed by atoms with E-state index in [1.54, 1.807) is 12.1 Å². The maximum absolute atomic E-state index is 6.07. The Balaban J connectivity index is 2.42. The van der Waals surface area contributed by atoms with Gasteiger partial charge in [0.15, 0.2) is 0 Å². The van der Waals surface area contributed by atoms with Crippen LogP contribution in [0.4, 0.5) is 0 Å². The number of nitrogens with zero attached hydrogens (tertiary/aromatic N) is 2. The number of benzene rings is 1. The summed E-state index contributed by atoms with van der Waals surface area (Å²) in [6.45, 7) is 1.86. The number of hydrogen-bond donors (Lipinski definition) is 0. The zero-order valence-electron chi connectivity index (χ0n) is 8.25. The first-order valence-corrected chi connectivity index (χ1v) is 6.51. The molecule has 0 amide bonds. The van der Waals surface area contributed by atoms with Crippen molar-refractivity contribution in [3.8, 4) is 10.6 Å². The van der Waals surface area contributed by atoms with Crippen molar-refractivity contribution in [1.82, 2.24) is 10.2 Å². The van der Waals surface area contributed by atoms with Crippen molar-refractivity contribution in [3.05, 3.63) is 33.3 Å². The molecule has 0 saturated carbocycles. The molecule has 6 heteroatoms. The standard InChI is InChI=1S/C10H7Cl3N2S/c1-5(11)9-14-15-10(16-9)7-3-2-6(12)4-8(7)13/h2-5H,1H3. The third-order valence-corrected chi connectivity index (χ3v) is 3.97. The predicted molar refractivity (Wildman–Crippen MR) is 69.6 cm³/mol. The van der Waals surface area contributed by atoms with Gasteiger partial charge in [0.05, 0.1) is 10.4 Å². The number of hydrogen-bond acceptors (Lipinski definition) is 3. The van der Waals surface area contributed by atoms with Crippen molar-refractivity contribution >= 4 is 46.1 Å². The minimum absolute atomic E-state index is 0.141. The summed E-state index contributed by atoms with van der Waals surface area (Å²) in [6, 6.07) is 5.28. The van der Waals surface area contributed by atoms with E-state index in [2.05, 4.69) is 10.2 Å². The number of alkyl halides is 1. The summed E-state index contributed by atoms with van der Waals surface area (Å²) in [6.07, 6.45) is 0. The summed E-state index contributed by atoms with van der Waals surface area (Å²) in [7, 11) is 0. The Labute approximate surface area is 112 Å². The fourth-order valence-corrected chi connectivity index (χ4v) is 2.71. The first kappa shape index (κ1) is 12.1. The lowest BCUT2D eigenvalue weighted by Crippen LogP contribution is -1.81. The Hall–Kier alpha value is -0.350. The molecule has 0 N–H and O–H groups in total. The lowest BCUT2D eigenvalue weighted by Gasteiger charge is -1.99. The predicted octanol–water partition coefficient (Wildman–Crippen LogP) is 4.81. The first-order chi connectivity index (χ1) is 7.58. The number of halogens is 3. The SMILES string of the molecule is CC(Cl)c1nnc(-c2ccc(Cl)cc2Cl)s1. The van der Waals surface area contributed by atoms with Crippen LogP contribution in [-0.2, 0) is 0 Å². The minimum Gasteiger partial charge on any atom is -0.142 e. The average Bonchev–Trinajstić information content (AvgIpc) is 2.66. The van der Waals surface area contributed by atoms with Gasteiger partial charge in [0.2, 0.25) is 0 Å². The molecule has 2 nitrogen and oxygen atoms in total. The Kier molecular flexibility index (Phi) is 3.70. The molecular weight excluding hydrogens is 287 g/mol. The third kappa shape index (κ3) is 2.48. The van der Waals surface area contributed by atoms with Gasteiger partial charge in [0.1, 0.15) is 10.0 Å². The van der Waals surface area contributed by atoms with Gasteiger partial charge in [-0.05, 0) is 25.1 Å². The van der Waals surface area contributed by atoms with Gasteiger partial charge in [0.25, 0.3) is 0 Å². The largest absolute Gasteiger partial charge is 0.149 e. The highest BCUT2D eigenvalue weighted by molar-refractivity contribution is 7.15. The van der Waals surface area contributed by atoms with E-state index in [4.69, 9.17) is 34.8 Å². The van der Waals surface area contributed by atoms with E-state index in [0.29, 0.717) is 10.0 Å². The zero-order valence-corrected chi connectivity index (χ0v) is 11.3. The fraction of sp³-hybridized carbons (Fsp3) is 0.200. The molecule has 0 spiro atoms. The zero-order chi connectivity index (χ0) is 11.7. The third-order valence-electron chi connectivity index (χ3n) is 1.94. The van der Waals surface area contributed by atoms with E-state index in [9.17, 15) is 0 Å². The molecular formula is C10H7Cl3N2S.